The first-order valence-electron chi connectivity index (χ1n) is 0.408. The Morgan fingerprint density at radius 3 is 1.60 bits per heavy atom. The third-order valence-electron chi connectivity index (χ3n) is 0. The Kier molecular flexibility index (Phi) is 50.3. The zero-order valence-electron chi connectivity index (χ0n) is 2.89. The molecule has 2 nitrogen and oxygen atoms in total. The number of rotatable bonds is 0. The van der Waals surface area contributed by atoms with Crippen molar-refractivity contribution in [3.63, 3.8) is 0 Å². The van der Waals surface area contributed by atoms with Crippen LogP contribution in [0.4, 0.5) is 0 Å². The smallest absolute Gasteiger partial charge is 0.794 e. The van der Waals surface area contributed by atoms with Gasteiger partial charge < -0.3 is 16.4 Å². The summed E-state index contributed by atoms with van der Waals surface area (Å²) in [4.78, 5) is 8.12. The van der Waals surface area contributed by atoms with Gasteiger partial charge in [-0.2, -0.15) is 0 Å². The van der Waals surface area contributed by atoms with E-state index in [0.29, 0.717) is 0 Å². The van der Waals surface area contributed by atoms with Crippen LogP contribution in [0.2, 0.25) is 0 Å². The number of hydrogen-bond acceptors (Lipinski definition) is 2. The van der Waals surface area contributed by atoms with Crippen LogP contribution in [0, 0.1) is 35.6 Å². The average Bonchev–Trinajstić information content (AvgIpc) is 0.918. The van der Waals surface area contributed by atoms with Gasteiger partial charge in [-0.3, -0.25) is 0 Å². The summed E-state index contributed by atoms with van der Waals surface area (Å²) in [5, 5.41) is 8.12. The third kappa shape index (κ3) is 21.2. The monoisotopic (exact) mass is 268 g/mol. The van der Waals surface area contributed by atoms with E-state index in [4.69, 9.17) is 9.90 Å². The van der Waals surface area contributed by atoms with Gasteiger partial charge in [0.25, 0.3) is 0 Å². The Hall–Kier alpha value is 2.47. The van der Waals surface area contributed by atoms with Crippen molar-refractivity contribution in [1.29, 1.82) is 0 Å². The topological polar surface area (TPSA) is 40.1 Å². The Balaban J connectivity index is -0.0000000200. The fraction of sp³-hybridized carbons (Fsp3) is 0. The van der Waals surface area contributed by atoms with E-state index in [9.17, 15) is 0 Å². The van der Waals surface area contributed by atoms with E-state index < -0.39 is 0 Å². The van der Waals surface area contributed by atoms with Crippen molar-refractivity contribution in [2.45, 2.75) is 0 Å². The van der Waals surface area contributed by atoms with Crippen LogP contribution in [0.3, 0.4) is 0 Å². The fourth-order valence-corrected chi connectivity index (χ4v) is 0. The Bertz CT molecular complexity index is 17.1. The Morgan fingerprint density at radius 1 is 1.60 bits per heavy atom. The Labute approximate surface area is 107 Å². The van der Waals surface area contributed by atoms with Crippen LogP contribution in [0.5, 0.6) is 0 Å². The predicted molar refractivity (Wildman–Crippen MR) is 5.69 cm³/mol. The van der Waals surface area contributed by atoms with Crippen LogP contribution in [0.25, 0.3) is 0 Å². The van der Waals surface area contributed by atoms with Crippen molar-refractivity contribution >= 4 is 6.47 Å². The zero-order chi connectivity index (χ0) is 2.71. The molecule has 21 valence electrons. The first-order chi connectivity index (χ1) is 1.41. The van der Waals surface area contributed by atoms with Crippen molar-refractivity contribution < 1.29 is 104 Å². The van der Waals surface area contributed by atoms with Gasteiger partial charge in [0.1, 0.15) is 0 Å². The quantitative estimate of drug-likeness (QED) is 0.414. The van der Waals surface area contributed by atoms with Gasteiger partial charge in [-0.15, -0.1) is 0 Å². The molecule has 0 heterocycles. The van der Waals surface area contributed by atoms with Crippen LogP contribution < -0.4 is 63.3 Å². The summed E-state index contributed by atoms with van der Waals surface area (Å²) in [5.74, 6) is 0. The molecule has 1 radical (unpaired) electrons. The van der Waals surface area contributed by atoms with Crippen molar-refractivity contribution in [2.75, 3.05) is 0 Å². The number of hydrogen-bond donors (Lipinski definition) is 0. The van der Waals surface area contributed by atoms with Gasteiger partial charge in [0.15, 0.2) is 0 Å². The van der Waals surface area contributed by atoms with Gasteiger partial charge in [0.05, 0.1) is 0 Å². The molecule has 0 rings (SSSR count). The minimum atomic E-state index is 0. The van der Waals surface area contributed by atoms with Gasteiger partial charge in [0, 0.05) is 35.6 Å². The van der Waals surface area contributed by atoms with Crippen molar-refractivity contribution in [3.05, 3.63) is 0 Å². The van der Waals surface area contributed by atoms with Gasteiger partial charge in [-0.25, -0.2) is 0 Å². The van der Waals surface area contributed by atoms with Gasteiger partial charge in [-0.1, -0.05) is 0 Å². The molecular weight excluding hydrogens is 268 g/mol. The van der Waals surface area contributed by atoms with Gasteiger partial charge >= 0.3 is 58.2 Å². The predicted octanol–water partition coefficient (Wildman–Crippen LogP) is -4.72. The van der Waals surface area contributed by atoms with Crippen LogP contribution in [0.1, 0.15) is 0 Å². The van der Waals surface area contributed by atoms with Crippen molar-refractivity contribution in [3.8, 4) is 0 Å². The van der Waals surface area contributed by atoms with Crippen LogP contribution in [-0.4, -0.2) is 6.47 Å². The van der Waals surface area contributed by atoms with E-state index in [1.165, 1.54) is 0 Å². The van der Waals surface area contributed by atoms with Crippen LogP contribution in [-0.2, 0) is 4.79 Å². The number of carbonyl (C=O) groups excluding carboxylic acids is 1. The standard InChI is InChI=1S/CO2.La.Rb/c2-1-3;;/q-2;;+1. The molecule has 0 N–H and O–H groups in total. The summed E-state index contributed by atoms with van der Waals surface area (Å²) in [7, 11) is 0. The minimum absolute atomic E-state index is 0. The van der Waals surface area contributed by atoms with E-state index in [2.05, 4.69) is 0 Å². The molecule has 0 atom stereocenters. The van der Waals surface area contributed by atoms with Crippen LogP contribution in [0.15, 0.2) is 0 Å². The molecule has 0 unspecified atom stereocenters. The third-order valence-corrected chi connectivity index (χ3v) is 0. The second-order valence-electron chi connectivity index (χ2n) is 0.0833. The molecule has 0 saturated carbocycles. The molecule has 5 heavy (non-hydrogen) atoms. The summed E-state index contributed by atoms with van der Waals surface area (Å²) in [6.45, 7) is 0.250. The molecular formula is CLaO2Rb-. The van der Waals surface area contributed by atoms with Crippen molar-refractivity contribution in [1.82, 2.24) is 0 Å². The molecule has 0 aromatic heterocycles. The fourth-order valence-electron chi connectivity index (χ4n) is 0. The molecule has 0 aromatic carbocycles. The second kappa shape index (κ2) is 16.1. The molecule has 4 heteroatoms. The molecule has 0 fully saturated rings. The second-order valence-corrected chi connectivity index (χ2v) is 0.0833. The van der Waals surface area contributed by atoms with E-state index in [1.807, 2.05) is 0 Å². The zero-order valence-corrected chi connectivity index (χ0v) is 11.4. The molecule has 0 spiro atoms. The maximum Gasteiger partial charge on any atom is 1.00 e. The SMILES string of the molecule is O=[C-][O-].[La].[Rb+]. The molecule has 0 saturated heterocycles. The van der Waals surface area contributed by atoms with E-state index >= 15 is 0 Å². The minimum Gasteiger partial charge on any atom is -0.794 e. The first kappa shape index (κ1) is 15.6. The van der Waals surface area contributed by atoms with Gasteiger partial charge in [0.2, 0.25) is 0 Å². The first-order valence-corrected chi connectivity index (χ1v) is 0.408. The van der Waals surface area contributed by atoms with E-state index in [0.717, 1.165) is 0 Å². The van der Waals surface area contributed by atoms with Crippen LogP contribution >= 0.6 is 0 Å². The van der Waals surface area contributed by atoms with E-state index in [1.54, 1.807) is 0 Å². The largest absolute Gasteiger partial charge is 1.00 e. The summed E-state index contributed by atoms with van der Waals surface area (Å²) in [5.41, 5.74) is 0. The maximum absolute atomic E-state index is 8.12. The van der Waals surface area contributed by atoms with E-state index in [-0.39, 0.29) is 100 Å². The van der Waals surface area contributed by atoms with Crippen molar-refractivity contribution in [2.24, 2.45) is 0 Å². The molecule has 0 bridgehead atoms. The normalized spacial score (nSPS) is 2.40. The Morgan fingerprint density at radius 2 is 1.60 bits per heavy atom. The molecule has 0 amide bonds. The average molecular weight is 268 g/mol. The summed E-state index contributed by atoms with van der Waals surface area (Å²) in [6, 6.07) is 0. The maximum atomic E-state index is 8.12. The summed E-state index contributed by atoms with van der Waals surface area (Å²) in [6.07, 6.45) is 0. The summed E-state index contributed by atoms with van der Waals surface area (Å²) < 4.78 is 0. The van der Waals surface area contributed by atoms with Gasteiger partial charge in [-0.05, 0) is 0 Å². The summed E-state index contributed by atoms with van der Waals surface area (Å²) >= 11 is 0. The molecule has 0 aromatic rings. The molecule has 0 aliphatic rings. The molecule has 0 aliphatic carbocycles. The molecule has 0 aliphatic heterocycles.